The van der Waals surface area contributed by atoms with E-state index in [1.165, 1.54) is 0 Å². The first-order valence-corrected chi connectivity index (χ1v) is 4.86. The number of nitrogens with one attached hydrogen (secondary N) is 1. The molecular weight excluding hydrogens is 244 g/mol. The lowest BCUT2D eigenvalue weighted by molar-refractivity contribution is 0.111. The van der Waals surface area contributed by atoms with Crippen molar-refractivity contribution in [2.75, 3.05) is 0 Å². The number of aldehydes is 1. The monoisotopic (exact) mass is 250 g/mol. The van der Waals surface area contributed by atoms with Crippen molar-refractivity contribution in [3.63, 3.8) is 0 Å². The Hall–Kier alpha value is -1.42. The fraction of sp³-hybridized carbons (Fsp3) is 0. The average molecular weight is 251 g/mol. The van der Waals surface area contributed by atoms with E-state index in [2.05, 4.69) is 26.1 Å². The zero-order valence-electron chi connectivity index (χ0n) is 7.20. The van der Waals surface area contributed by atoms with Gasteiger partial charge in [0.2, 0.25) is 0 Å². The van der Waals surface area contributed by atoms with Crippen LogP contribution in [-0.2, 0) is 0 Å². The van der Waals surface area contributed by atoms with E-state index in [0.717, 1.165) is 17.5 Å². The zero-order valence-corrected chi connectivity index (χ0v) is 8.78. The van der Waals surface area contributed by atoms with Gasteiger partial charge in [0, 0.05) is 5.56 Å². The Bertz CT molecular complexity index is 450. The van der Waals surface area contributed by atoms with Crippen molar-refractivity contribution in [2.45, 2.75) is 0 Å². The van der Waals surface area contributed by atoms with Gasteiger partial charge in [0.25, 0.3) is 0 Å². The molecule has 0 bridgehead atoms. The van der Waals surface area contributed by atoms with Crippen LogP contribution in [0.15, 0.2) is 34.8 Å². The maximum Gasteiger partial charge on any atom is 0.169 e. The van der Waals surface area contributed by atoms with E-state index in [4.69, 9.17) is 0 Å². The lowest BCUT2D eigenvalue weighted by atomic mass is 10.1. The van der Waals surface area contributed by atoms with Crippen molar-refractivity contribution in [3.05, 3.63) is 40.5 Å². The van der Waals surface area contributed by atoms with Crippen LogP contribution in [0.25, 0.3) is 11.3 Å². The first-order valence-electron chi connectivity index (χ1n) is 4.07. The zero-order chi connectivity index (χ0) is 9.97. The SMILES string of the molecule is O=Cc1[nH]nc(-c2ccccc2)c1Br. The number of aromatic nitrogens is 2. The fourth-order valence-corrected chi connectivity index (χ4v) is 1.71. The Kier molecular flexibility index (Phi) is 2.45. The van der Waals surface area contributed by atoms with Gasteiger partial charge in [-0.1, -0.05) is 30.3 Å². The summed E-state index contributed by atoms with van der Waals surface area (Å²) in [6, 6.07) is 9.67. The van der Waals surface area contributed by atoms with Crippen molar-refractivity contribution < 1.29 is 4.79 Å². The van der Waals surface area contributed by atoms with Gasteiger partial charge in [-0.15, -0.1) is 0 Å². The Morgan fingerprint density at radius 3 is 2.57 bits per heavy atom. The molecule has 0 saturated carbocycles. The van der Waals surface area contributed by atoms with E-state index < -0.39 is 0 Å². The summed E-state index contributed by atoms with van der Waals surface area (Å²) in [6.07, 6.45) is 0.740. The largest absolute Gasteiger partial charge is 0.296 e. The molecule has 4 heteroatoms. The van der Waals surface area contributed by atoms with Crippen LogP contribution in [0.3, 0.4) is 0 Å². The first kappa shape index (κ1) is 9.15. The van der Waals surface area contributed by atoms with Crippen molar-refractivity contribution in [1.82, 2.24) is 10.2 Å². The average Bonchev–Trinajstić information content (AvgIpc) is 2.61. The minimum Gasteiger partial charge on any atom is -0.296 e. The quantitative estimate of drug-likeness (QED) is 0.834. The van der Waals surface area contributed by atoms with Gasteiger partial charge in [-0.3, -0.25) is 9.89 Å². The number of nitrogens with zero attached hydrogens (tertiary/aromatic N) is 1. The van der Waals surface area contributed by atoms with Crippen LogP contribution in [0.2, 0.25) is 0 Å². The molecule has 0 atom stereocenters. The molecule has 1 aromatic carbocycles. The lowest BCUT2D eigenvalue weighted by Gasteiger charge is -1.95. The van der Waals surface area contributed by atoms with Gasteiger partial charge in [0.15, 0.2) is 6.29 Å². The summed E-state index contributed by atoms with van der Waals surface area (Å²) < 4.78 is 0.707. The summed E-state index contributed by atoms with van der Waals surface area (Å²) in [5, 5.41) is 6.71. The number of H-pyrrole nitrogens is 1. The molecule has 70 valence electrons. The Morgan fingerprint density at radius 2 is 2.00 bits per heavy atom. The number of aromatic amines is 1. The van der Waals surface area contributed by atoms with Crippen molar-refractivity contribution in [2.24, 2.45) is 0 Å². The third-order valence-electron chi connectivity index (χ3n) is 1.90. The molecule has 1 aromatic heterocycles. The number of carbonyl (C=O) groups excluding carboxylic acids is 1. The standard InChI is InChI=1S/C10H7BrN2O/c11-9-8(6-14)12-13-10(9)7-4-2-1-3-5-7/h1-6H,(H,12,13). The van der Waals surface area contributed by atoms with Crippen molar-refractivity contribution >= 4 is 22.2 Å². The third kappa shape index (κ3) is 1.48. The molecule has 0 radical (unpaired) electrons. The Morgan fingerprint density at radius 1 is 1.29 bits per heavy atom. The topological polar surface area (TPSA) is 45.8 Å². The molecule has 0 fully saturated rings. The lowest BCUT2D eigenvalue weighted by Crippen LogP contribution is -1.78. The number of halogens is 1. The van der Waals surface area contributed by atoms with Gasteiger partial charge in [-0.25, -0.2) is 0 Å². The smallest absolute Gasteiger partial charge is 0.169 e. The van der Waals surface area contributed by atoms with Gasteiger partial charge >= 0.3 is 0 Å². The predicted molar refractivity (Wildman–Crippen MR) is 57.1 cm³/mol. The third-order valence-corrected chi connectivity index (χ3v) is 2.70. The maximum atomic E-state index is 10.6. The van der Waals surface area contributed by atoms with Crippen LogP contribution in [0.5, 0.6) is 0 Å². The molecule has 0 saturated heterocycles. The molecule has 1 N–H and O–H groups in total. The van der Waals surface area contributed by atoms with Crippen molar-refractivity contribution in [3.8, 4) is 11.3 Å². The van der Waals surface area contributed by atoms with Crippen LogP contribution < -0.4 is 0 Å². The molecule has 0 aliphatic rings. The molecule has 0 aliphatic heterocycles. The fourth-order valence-electron chi connectivity index (χ4n) is 1.21. The van der Waals surface area contributed by atoms with Crippen molar-refractivity contribution in [1.29, 1.82) is 0 Å². The summed E-state index contributed by atoms with van der Waals surface area (Å²) in [5.74, 6) is 0. The molecule has 0 spiro atoms. The van der Waals surface area contributed by atoms with E-state index in [9.17, 15) is 4.79 Å². The Labute approximate surface area is 89.3 Å². The molecule has 0 amide bonds. The number of hydrogen-bond acceptors (Lipinski definition) is 2. The summed E-state index contributed by atoms with van der Waals surface area (Å²) in [7, 11) is 0. The summed E-state index contributed by atoms with van der Waals surface area (Å²) >= 11 is 3.32. The number of carbonyl (C=O) groups is 1. The molecule has 0 unspecified atom stereocenters. The molecule has 3 nitrogen and oxygen atoms in total. The van der Waals surface area contributed by atoms with Gasteiger partial charge in [-0.2, -0.15) is 5.10 Å². The normalized spacial score (nSPS) is 10.1. The van der Waals surface area contributed by atoms with Gasteiger partial charge in [-0.05, 0) is 15.9 Å². The minimum atomic E-state index is 0.462. The predicted octanol–water partition coefficient (Wildman–Crippen LogP) is 2.65. The highest BCUT2D eigenvalue weighted by Crippen LogP contribution is 2.27. The number of benzene rings is 1. The van der Waals surface area contributed by atoms with Gasteiger partial charge in [0.1, 0.15) is 11.4 Å². The van der Waals surface area contributed by atoms with E-state index in [1.54, 1.807) is 0 Å². The highest BCUT2D eigenvalue weighted by atomic mass is 79.9. The highest BCUT2D eigenvalue weighted by Gasteiger charge is 2.10. The second-order valence-corrected chi connectivity index (χ2v) is 3.58. The van der Waals surface area contributed by atoms with Crippen LogP contribution in [-0.4, -0.2) is 16.5 Å². The second kappa shape index (κ2) is 3.75. The first-order chi connectivity index (χ1) is 6.83. The van der Waals surface area contributed by atoms with Gasteiger partial charge < -0.3 is 0 Å². The number of rotatable bonds is 2. The summed E-state index contributed by atoms with van der Waals surface area (Å²) in [4.78, 5) is 10.6. The van der Waals surface area contributed by atoms with E-state index >= 15 is 0 Å². The molecular formula is C10H7BrN2O. The van der Waals surface area contributed by atoms with Crippen LogP contribution in [0.4, 0.5) is 0 Å². The molecule has 2 aromatic rings. The highest BCUT2D eigenvalue weighted by molar-refractivity contribution is 9.10. The molecule has 2 rings (SSSR count). The van der Waals surface area contributed by atoms with Crippen LogP contribution in [0.1, 0.15) is 10.5 Å². The number of hydrogen-bond donors (Lipinski definition) is 1. The maximum absolute atomic E-state index is 10.6. The van der Waals surface area contributed by atoms with Gasteiger partial charge in [0.05, 0.1) is 4.47 Å². The second-order valence-electron chi connectivity index (χ2n) is 2.78. The van der Waals surface area contributed by atoms with E-state index in [0.29, 0.717) is 10.2 Å². The summed E-state index contributed by atoms with van der Waals surface area (Å²) in [6.45, 7) is 0. The van der Waals surface area contributed by atoms with Crippen LogP contribution in [0, 0.1) is 0 Å². The minimum absolute atomic E-state index is 0.462. The van der Waals surface area contributed by atoms with E-state index in [1.807, 2.05) is 30.3 Å². The summed E-state index contributed by atoms with van der Waals surface area (Å²) in [5.41, 5.74) is 2.19. The Balaban J connectivity index is 2.53. The molecule has 14 heavy (non-hydrogen) atoms. The molecule has 0 aliphatic carbocycles. The van der Waals surface area contributed by atoms with E-state index in [-0.39, 0.29) is 0 Å². The van der Waals surface area contributed by atoms with Crippen LogP contribution >= 0.6 is 15.9 Å². The molecule has 1 heterocycles.